The van der Waals surface area contributed by atoms with Crippen molar-refractivity contribution in [2.24, 2.45) is 0 Å². The topological polar surface area (TPSA) is 85.2 Å². The summed E-state index contributed by atoms with van der Waals surface area (Å²) in [5, 5.41) is 2.74. The average molecular weight is 482 g/mol. The Morgan fingerprint density at radius 3 is 2.69 bits per heavy atom. The van der Waals surface area contributed by atoms with Gasteiger partial charge in [-0.3, -0.25) is 4.79 Å². The smallest absolute Gasteiger partial charge is 0.387 e. The Morgan fingerprint density at radius 1 is 1.17 bits per heavy atom. The van der Waals surface area contributed by atoms with Crippen LogP contribution in [0.15, 0.2) is 48.8 Å². The van der Waals surface area contributed by atoms with E-state index in [0.29, 0.717) is 47.0 Å². The number of carbonyl (C=O) groups is 1. The van der Waals surface area contributed by atoms with Gasteiger partial charge >= 0.3 is 6.61 Å². The van der Waals surface area contributed by atoms with Gasteiger partial charge in [0, 0.05) is 48.2 Å². The molecule has 0 spiro atoms. The summed E-state index contributed by atoms with van der Waals surface area (Å²) in [4.78, 5) is 26.5. The van der Waals surface area contributed by atoms with Crippen molar-refractivity contribution in [1.29, 1.82) is 0 Å². The van der Waals surface area contributed by atoms with Crippen molar-refractivity contribution < 1.29 is 22.7 Å². The molecule has 1 amide bonds. The lowest BCUT2D eigenvalue weighted by Gasteiger charge is -2.26. The summed E-state index contributed by atoms with van der Waals surface area (Å²) < 4.78 is 47.2. The number of para-hydroxylation sites is 1. The minimum atomic E-state index is -2.94. The zero-order valence-corrected chi connectivity index (χ0v) is 18.7. The molecule has 2 aromatic heterocycles. The second kappa shape index (κ2) is 9.24. The van der Waals surface area contributed by atoms with Crippen LogP contribution in [0.2, 0.25) is 0 Å². The van der Waals surface area contributed by atoms with Crippen LogP contribution < -0.4 is 15.0 Å². The van der Waals surface area contributed by atoms with Crippen LogP contribution in [0.3, 0.4) is 0 Å². The highest BCUT2D eigenvalue weighted by molar-refractivity contribution is 5.83. The van der Waals surface area contributed by atoms with E-state index in [4.69, 9.17) is 0 Å². The van der Waals surface area contributed by atoms with Gasteiger partial charge in [0.25, 0.3) is 0 Å². The standard InChI is InChI=1S/C24H21F3N6O2/c1-14-31-19-9-18(25)17(16-10-29-24(30-11-16)32-7-6-28-22(34)13-32)8-20(19)33(14)12-15-4-2-3-5-21(15)35-23(26)27/h2-5,8-11,23H,6-7,12-13H2,1H3,(H,28,34). The van der Waals surface area contributed by atoms with Crippen molar-refractivity contribution in [3.8, 4) is 16.9 Å². The molecule has 0 unspecified atom stereocenters. The highest BCUT2D eigenvalue weighted by Crippen LogP contribution is 2.30. The van der Waals surface area contributed by atoms with Gasteiger partial charge in [-0.25, -0.2) is 19.3 Å². The predicted octanol–water partition coefficient (Wildman–Crippen LogP) is 3.53. The lowest BCUT2D eigenvalue weighted by atomic mass is 10.1. The zero-order chi connectivity index (χ0) is 24.5. The Kier molecular flexibility index (Phi) is 5.98. The van der Waals surface area contributed by atoms with Gasteiger partial charge in [0.2, 0.25) is 11.9 Å². The van der Waals surface area contributed by atoms with Crippen LogP contribution >= 0.6 is 0 Å². The van der Waals surface area contributed by atoms with E-state index in [1.165, 1.54) is 24.5 Å². The fraction of sp³-hybridized carbons (Fsp3) is 0.250. The Balaban J connectivity index is 1.49. The Bertz CT molecular complexity index is 1390. The number of nitrogens with zero attached hydrogens (tertiary/aromatic N) is 5. The molecule has 2 aromatic carbocycles. The summed E-state index contributed by atoms with van der Waals surface area (Å²) in [5.41, 5.74) is 2.34. The Morgan fingerprint density at radius 2 is 1.94 bits per heavy atom. The number of imidazole rings is 1. The fourth-order valence-electron chi connectivity index (χ4n) is 4.14. The number of aryl methyl sites for hydroxylation is 1. The largest absolute Gasteiger partial charge is 0.434 e. The highest BCUT2D eigenvalue weighted by Gasteiger charge is 2.20. The van der Waals surface area contributed by atoms with E-state index >= 15 is 4.39 Å². The summed E-state index contributed by atoms with van der Waals surface area (Å²) in [6.45, 7) is 0.281. The molecule has 3 heterocycles. The maximum absolute atomic E-state index is 15.0. The number of ether oxygens (including phenoxy) is 1. The maximum atomic E-state index is 15.0. The number of anilines is 1. The summed E-state index contributed by atoms with van der Waals surface area (Å²) >= 11 is 0. The molecule has 0 saturated carbocycles. The first-order chi connectivity index (χ1) is 16.9. The number of carbonyl (C=O) groups excluding carboxylic acids is 1. The first-order valence-corrected chi connectivity index (χ1v) is 10.9. The molecule has 0 bridgehead atoms. The number of rotatable bonds is 6. The quantitative estimate of drug-likeness (QED) is 0.453. The van der Waals surface area contributed by atoms with E-state index in [1.807, 2.05) is 4.57 Å². The van der Waals surface area contributed by atoms with Crippen LogP contribution in [0.25, 0.3) is 22.2 Å². The van der Waals surface area contributed by atoms with Gasteiger partial charge in [0.1, 0.15) is 17.4 Å². The number of amides is 1. The number of halogens is 3. The van der Waals surface area contributed by atoms with Crippen LogP contribution in [0.5, 0.6) is 5.75 Å². The van der Waals surface area contributed by atoms with Crippen LogP contribution in [0, 0.1) is 12.7 Å². The predicted molar refractivity (Wildman–Crippen MR) is 123 cm³/mol. The number of nitrogens with one attached hydrogen (secondary N) is 1. The molecule has 0 aliphatic carbocycles. The fourth-order valence-corrected chi connectivity index (χ4v) is 4.14. The average Bonchev–Trinajstić information content (AvgIpc) is 3.13. The Hall–Kier alpha value is -4.15. The zero-order valence-electron chi connectivity index (χ0n) is 18.7. The summed E-state index contributed by atoms with van der Waals surface area (Å²) in [5.74, 6) is 0.461. The first-order valence-electron chi connectivity index (χ1n) is 10.9. The third-order valence-corrected chi connectivity index (χ3v) is 5.82. The molecule has 1 aliphatic rings. The maximum Gasteiger partial charge on any atom is 0.387 e. The van der Waals surface area contributed by atoms with Crippen molar-refractivity contribution in [3.63, 3.8) is 0 Å². The van der Waals surface area contributed by atoms with Gasteiger partial charge in [-0.1, -0.05) is 18.2 Å². The van der Waals surface area contributed by atoms with Crippen molar-refractivity contribution in [2.45, 2.75) is 20.1 Å². The molecule has 180 valence electrons. The van der Waals surface area contributed by atoms with Gasteiger partial charge in [-0.05, 0) is 19.1 Å². The molecule has 0 atom stereocenters. The van der Waals surface area contributed by atoms with E-state index in [9.17, 15) is 13.6 Å². The summed E-state index contributed by atoms with van der Waals surface area (Å²) in [7, 11) is 0. The van der Waals surface area contributed by atoms with Crippen LogP contribution in [0.1, 0.15) is 11.4 Å². The third-order valence-electron chi connectivity index (χ3n) is 5.82. The van der Waals surface area contributed by atoms with Gasteiger partial charge in [-0.2, -0.15) is 8.78 Å². The second-order valence-corrected chi connectivity index (χ2v) is 8.10. The van der Waals surface area contributed by atoms with E-state index in [-0.39, 0.29) is 30.3 Å². The molecule has 1 fully saturated rings. The number of aromatic nitrogens is 4. The normalized spacial score (nSPS) is 14.0. The first kappa shape index (κ1) is 22.6. The SMILES string of the molecule is Cc1nc2cc(F)c(-c3cnc(N4CCNC(=O)C4)nc3)cc2n1Cc1ccccc1OC(F)F. The Labute approximate surface area is 198 Å². The number of alkyl halides is 2. The lowest BCUT2D eigenvalue weighted by Crippen LogP contribution is -2.48. The highest BCUT2D eigenvalue weighted by atomic mass is 19.3. The minimum absolute atomic E-state index is 0.0708. The molecule has 5 rings (SSSR count). The number of piperazine rings is 1. The summed E-state index contributed by atoms with van der Waals surface area (Å²) in [6.07, 6.45) is 3.02. The molecule has 1 saturated heterocycles. The van der Waals surface area contributed by atoms with E-state index in [2.05, 4.69) is 25.0 Å². The lowest BCUT2D eigenvalue weighted by molar-refractivity contribution is -0.120. The van der Waals surface area contributed by atoms with E-state index in [1.54, 1.807) is 36.1 Å². The van der Waals surface area contributed by atoms with Crippen molar-refractivity contribution in [2.75, 3.05) is 24.5 Å². The monoisotopic (exact) mass is 482 g/mol. The molecule has 0 radical (unpaired) electrons. The second-order valence-electron chi connectivity index (χ2n) is 8.10. The van der Waals surface area contributed by atoms with Crippen LogP contribution in [-0.2, 0) is 11.3 Å². The van der Waals surface area contributed by atoms with Crippen LogP contribution in [-0.4, -0.2) is 51.7 Å². The van der Waals surface area contributed by atoms with Crippen molar-refractivity contribution in [1.82, 2.24) is 24.8 Å². The molecule has 1 N–H and O–H groups in total. The molecular weight excluding hydrogens is 461 g/mol. The van der Waals surface area contributed by atoms with Gasteiger partial charge < -0.3 is 19.5 Å². The number of hydrogen-bond donors (Lipinski definition) is 1. The van der Waals surface area contributed by atoms with Gasteiger partial charge in [-0.15, -0.1) is 0 Å². The molecule has 8 nitrogen and oxygen atoms in total. The summed E-state index contributed by atoms with van der Waals surface area (Å²) in [6, 6.07) is 9.50. The van der Waals surface area contributed by atoms with E-state index < -0.39 is 12.4 Å². The van der Waals surface area contributed by atoms with Gasteiger partial charge in [0.05, 0.1) is 24.1 Å². The minimum Gasteiger partial charge on any atom is -0.434 e. The number of benzene rings is 2. The van der Waals surface area contributed by atoms with Crippen molar-refractivity contribution in [3.05, 3.63) is 66.0 Å². The molecule has 4 aromatic rings. The van der Waals surface area contributed by atoms with E-state index in [0.717, 1.165) is 0 Å². The van der Waals surface area contributed by atoms with Crippen LogP contribution in [0.4, 0.5) is 19.1 Å². The molecule has 11 heteroatoms. The third kappa shape index (κ3) is 4.61. The molecule has 35 heavy (non-hydrogen) atoms. The van der Waals surface area contributed by atoms with Gasteiger partial charge in [0.15, 0.2) is 0 Å². The van der Waals surface area contributed by atoms with Crippen molar-refractivity contribution >= 4 is 22.9 Å². The number of hydrogen-bond acceptors (Lipinski definition) is 6. The molecule has 1 aliphatic heterocycles. The number of fused-ring (bicyclic) bond motifs is 1. The molecular formula is C24H21F3N6O2.